The van der Waals surface area contributed by atoms with Gasteiger partial charge < -0.3 is 4.74 Å². The van der Waals surface area contributed by atoms with E-state index in [1.165, 1.54) is 23.1 Å². The summed E-state index contributed by atoms with van der Waals surface area (Å²) in [5, 5.41) is 4.44. The van der Waals surface area contributed by atoms with Crippen molar-refractivity contribution in [2.24, 2.45) is 7.05 Å². The molecule has 2 aromatic heterocycles. The van der Waals surface area contributed by atoms with Gasteiger partial charge in [-0.25, -0.2) is 9.97 Å². The second-order valence-corrected chi connectivity index (χ2v) is 7.92. The maximum absolute atomic E-state index is 6.08. The topological polar surface area (TPSA) is 56.1 Å². The number of hydrogen-bond donors (Lipinski definition) is 0. The van der Waals surface area contributed by atoms with E-state index in [0.29, 0.717) is 6.10 Å². The second kappa shape index (κ2) is 7.02. The summed E-state index contributed by atoms with van der Waals surface area (Å²) >= 11 is 0. The van der Waals surface area contributed by atoms with Crippen LogP contribution in [0.25, 0.3) is 11.1 Å². The highest BCUT2D eigenvalue weighted by Crippen LogP contribution is 2.32. The molecule has 1 aromatic carbocycles. The number of aryl methyl sites for hydroxylation is 2. The van der Waals surface area contributed by atoms with Gasteiger partial charge in [0.25, 0.3) is 0 Å². The fourth-order valence-corrected chi connectivity index (χ4v) is 4.01. The van der Waals surface area contributed by atoms with Gasteiger partial charge in [-0.15, -0.1) is 0 Å². The number of hydrogen-bond acceptors (Lipinski definition) is 5. The number of nitrogens with zero attached hydrogens (tertiary/aromatic N) is 5. The molecular weight excluding hydrogens is 350 g/mol. The first-order chi connectivity index (χ1) is 13.7. The summed E-state index contributed by atoms with van der Waals surface area (Å²) in [7, 11) is 1.96. The molecule has 0 unspecified atom stereocenters. The molecule has 5 rings (SSSR count). The lowest BCUT2D eigenvalue weighted by atomic mass is 9.96. The Kier molecular flexibility index (Phi) is 4.36. The van der Waals surface area contributed by atoms with Gasteiger partial charge in [0.15, 0.2) is 0 Å². The number of rotatable bonds is 5. The average molecular weight is 375 g/mol. The van der Waals surface area contributed by atoms with Crippen LogP contribution in [-0.2, 0) is 26.7 Å². The van der Waals surface area contributed by atoms with Crippen LogP contribution in [0.3, 0.4) is 0 Å². The van der Waals surface area contributed by atoms with Gasteiger partial charge in [-0.1, -0.05) is 24.3 Å². The molecule has 0 spiro atoms. The van der Waals surface area contributed by atoms with E-state index in [-0.39, 0.29) is 0 Å². The minimum Gasteiger partial charge on any atom is -0.474 e. The van der Waals surface area contributed by atoms with Crippen LogP contribution >= 0.6 is 0 Å². The van der Waals surface area contributed by atoms with Crippen molar-refractivity contribution in [3.63, 3.8) is 0 Å². The Bertz CT molecular complexity index is 991. The molecule has 1 saturated carbocycles. The largest absolute Gasteiger partial charge is 0.474 e. The highest BCUT2D eigenvalue weighted by molar-refractivity contribution is 5.65. The lowest BCUT2D eigenvalue weighted by Crippen LogP contribution is -2.25. The normalized spacial score (nSPS) is 16.8. The first-order valence-electron chi connectivity index (χ1n) is 9.97. The third kappa shape index (κ3) is 3.29. The van der Waals surface area contributed by atoms with Crippen LogP contribution < -0.4 is 4.74 Å². The van der Waals surface area contributed by atoms with Crippen molar-refractivity contribution >= 4 is 0 Å². The monoisotopic (exact) mass is 375 g/mol. The Balaban J connectivity index is 1.28. The Morgan fingerprint density at radius 2 is 1.93 bits per heavy atom. The summed E-state index contributed by atoms with van der Waals surface area (Å²) in [6, 6.07) is 8.80. The van der Waals surface area contributed by atoms with Gasteiger partial charge in [-0.3, -0.25) is 9.58 Å². The summed E-state index contributed by atoms with van der Waals surface area (Å²) in [5.74, 6) is 0.791. The van der Waals surface area contributed by atoms with Crippen molar-refractivity contribution < 1.29 is 4.74 Å². The van der Waals surface area contributed by atoms with Crippen LogP contribution in [0.2, 0.25) is 0 Å². The summed E-state index contributed by atoms with van der Waals surface area (Å²) in [4.78, 5) is 11.3. The lowest BCUT2D eigenvalue weighted by Gasteiger charge is -2.26. The highest BCUT2D eigenvalue weighted by atomic mass is 16.5. The first kappa shape index (κ1) is 17.4. The zero-order valence-corrected chi connectivity index (χ0v) is 16.4. The lowest BCUT2D eigenvalue weighted by molar-refractivity contribution is 0.112. The SMILES string of the molecule is Cc1nn(C)cc1-c1ccc(CN2Cc3ncnc(OC4CCC4)c3C2)cc1. The molecule has 0 amide bonds. The third-order valence-electron chi connectivity index (χ3n) is 5.77. The van der Waals surface area contributed by atoms with Crippen LogP contribution in [0.1, 0.15) is 41.8 Å². The molecule has 1 aliphatic carbocycles. The van der Waals surface area contributed by atoms with E-state index in [9.17, 15) is 0 Å². The van der Waals surface area contributed by atoms with Gasteiger partial charge in [0.2, 0.25) is 5.88 Å². The molecular formula is C22H25N5O. The molecule has 28 heavy (non-hydrogen) atoms. The maximum atomic E-state index is 6.08. The molecule has 3 aromatic rings. The van der Waals surface area contributed by atoms with Gasteiger partial charge >= 0.3 is 0 Å². The van der Waals surface area contributed by atoms with Gasteiger partial charge in [-0.05, 0) is 37.3 Å². The number of ether oxygens (including phenoxy) is 1. The van der Waals surface area contributed by atoms with Crippen LogP contribution in [0.15, 0.2) is 36.8 Å². The van der Waals surface area contributed by atoms with E-state index < -0.39 is 0 Å². The zero-order chi connectivity index (χ0) is 19.1. The van der Waals surface area contributed by atoms with E-state index >= 15 is 0 Å². The van der Waals surface area contributed by atoms with Crippen molar-refractivity contribution in [3.05, 3.63) is 59.3 Å². The maximum Gasteiger partial charge on any atom is 0.221 e. The molecule has 1 aliphatic heterocycles. The quantitative estimate of drug-likeness (QED) is 0.682. The van der Waals surface area contributed by atoms with Crippen LogP contribution in [-0.4, -0.2) is 30.8 Å². The second-order valence-electron chi connectivity index (χ2n) is 7.92. The molecule has 2 aliphatic rings. The Hall–Kier alpha value is -2.73. The summed E-state index contributed by atoms with van der Waals surface area (Å²) in [5.41, 5.74) is 7.02. The van der Waals surface area contributed by atoms with Gasteiger partial charge in [0.05, 0.1) is 17.0 Å². The van der Waals surface area contributed by atoms with Gasteiger partial charge in [0, 0.05) is 38.4 Å². The molecule has 3 heterocycles. The predicted molar refractivity (Wildman–Crippen MR) is 107 cm³/mol. The number of fused-ring (bicyclic) bond motifs is 1. The van der Waals surface area contributed by atoms with Crippen molar-refractivity contribution in [2.75, 3.05) is 0 Å². The van der Waals surface area contributed by atoms with Crippen molar-refractivity contribution in [1.82, 2.24) is 24.6 Å². The van der Waals surface area contributed by atoms with Crippen molar-refractivity contribution in [2.45, 2.75) is 51.9 Å². The summed E-state index contributed by atoms with van der Waals surface area (Å²) < 4.78 is 7.95. The number of aromatic nitrogens is 4. The molecule has 6 heteroatoms. The molecule has 0 bridgehead atoms. The minimum atomic E-state index is 0.344. The van der Waals surface area contributed by atoms with Gasteiger partial charge in [-0.2, -0.15) is 5.10 Å². The van der Waals surface area contributed by atoms with Crippen LogP contribution in [0.4, 0.5) is 0 Å². The van der Waals surface area contributed by atoms with E-state index in [1.807, 2.05) is 11.7 Å². The Morgan fingerprint density at radius 1 is 1.11 bits per heavy atom. The summed E-state index contributed by atoms with van der Waals surface area (Å²) in [6.07, 6.45) is 7.61. The smallest absolute Gasteiger partial charge is 0.221 e. The van der Waals surface area contributed by atoms with E-state index in [1.54, 1.807) is 6.33 Å². The van der Waals surface area contributed by atoms with Gasteiger partial charge in [0.1, 0.15) is 12.4 Å². The highest BCUT2D eigenvalue weighted by Gasteiger charge is 2.27. The first-order valence-corrected chi connectivity index (χ1v) is 9.97. The number of benzene rings is 1. The molecule has 0 saturated heterocycles. The minimum absolute atomic E-state index is 0.344. The average Bonchev–Trinajstić information content (AvgIpc) is 3.21. The van der Waals surface area contributed by atoms with Crippen LogP contribution in [0, 0.1) is 6.92 Å². The standard InChI is InChI=1S/C22H25N5O/c1-15-19(11-26(2)25-15)17-8-6-16(7-9-17)10-27-12-20-21(13-27)23-14-24-22(20)28-18-4-3-5-18/h6-9,11,14,18H,3-5,10,12-13H2,1-2H3. The molecule has 6 nitrogen and oxygen atoms in total. The molecule has 0 N–H and O–H groups in total. The molecule has 1 fully saturated rings. The zero-order valence-electron chi connectivity index (χ0n) is 16.4. The van der Waals surface area contributed by atoms with E-state index in [0.717, 1.165) is 55.3 Å². The summed E-state index contributed by atoms with van der Waals surface area (Å²) in [6.45, 7) is 4.64. The van der Waals surface area contributed by atoms with E-state index in [4.69, 9.17) is 4.74 Å². The third-order valence-corrected chi connectivity index (χ3v) is 5.77. The predicted octanol–water partition coefficient (Wildman–Crippen LogP) is 3.63. The fraction of sp³-hybridized carbons (Fsp3) is 0.409. The fourth-order valence-electron chi connectivity index (χ4n) is 4.01. The van der Waals surface area contributed by atoms with E-state index in [2.05, 4.69) is 57.4 Å². The Morgan fingerprint density at radius 3 is 2.61 bits per heavy atom. The Labute approximate surface area is 165 Å². The van der Waals surface area contributed by atoms with Crippen molar-refractivity contribution in [1.29, 1.82) is 0 Å². The van der Waals surface area contributed by atoms with Crippen LogP contribution in [0.5, 0.6) is 5.88 Å². The molecule has 0 atom stereocenters. The molecule has 0 radical (unpaired) electrons. The van der Waals surface area contributed by atoms with Crippen molar-refractivity contribution in [3.8, 4) is 17.0 Å². The molecule has 144 valence electrons.